The highest BCUT2D eigenvalue weighted by Gasteiger charge is 2.31. The van der Waals surface area contributed by atoms with Crippen LogP contribution in [0.3, 0.4) is 0 Å². The van der Waals surface area contributed by atoms with Gasteiger partial charge in [0, 0.05) is 29.0 Å². The lowest BCUT2D eigenvalue weighted by Crippen LogP contribution is -2.23. The molecule has 0 saturated heterocycles. The number of aromatic nitrogens is 4. The van der Waals surface area contributed by atoms with Crippen LogP contribution >= 0.6 is 11.3 Å². The van der Waals surface area contributed by atoms with Gasteiger partial charge in [-0.05, 0) is 49.4 Å². The number of amides is 1. The Balaban J connectivity index is 1.51. The highest BCUT2D eigenvalue weighted by Crippen LogP contribution is 2.36. The Labute approximate surface area is 194 Å². The van der Waals surface area contributed by atoms with E-state index in [0.717, 1.165) is 26.3 Å². The number of alkyl halides is 3. The molecule has 2 aromatic carbocycles. The number of fused-ring (bicyclic) bond motifs is 3. The van der Waals surface area contributed by atoms with Crippen LogP contribution in [0.4, 0.5) is 13.2 Å². The van der Waals surface area contributed by atoms with Gasteiger partial charge < -0.3 is 10.1 Å². The topological polar surface area (TPSA) is 81.9 Å². The summed E-state index contributed by atoms with van der Waals surface area (Å²) in [7, 11) is 0. The van der Waals surface area contributed by atoms with Crippen LogP contribution in [0, 0.1) is 6.92 Å². The molecule has 3 aromatic heterocycles. The lowest BCUT2D eigenvalue weighted by Gasteiger charge is -2.11. The van der Waals surface area contributed by atoms with E-state index in [4.69, 9.17) is 0 Å². The van der Waals surface area contributed by atoms with Gasteiger partial charge in [0.1, 0.15) is 16.1 Å². The molecule has 0 atom stereocenters. The molecule has 0 spiro atoms. The first-order valence-electron chi connectivity index (χ1n) is 10.1. The van der Waals surface area contributed by atoms with E-state index in [0.29, 0.717) is 16.9 Å². The summed E-state index contributed by atoms with van der Waals surface area (Å²) in [5.41, 5.74) is 3.24. The summed E-state index contributed by atoms with van der Waals surface area (Å²) in [6.45, 7) is 2.11. The van der Waals surface area contributed by atoms with Crippen molar-refractivity contribution in [3.63, 3.8) is 0 Å². The van der Waals surface area contributed by atoms with Crippen molar-refractivity contribution in [2.24, 2.45) is 0 Å². The average Bonchev–Trinajstić information content (AvgIpc) is 3.32. The van der Waals surface area contributed by atoms with E-state index >= 15 is 0 Å². The minimum atomic E-state index is -4.76. The van der Waals surface area contributed by atoms with Crippen molar-refractivity contribution < 1.29 is 22.7 Å². The number of ether oxygens (including phenoxy) is 1. The predicted molar refractivity (Wildman–Crippen MR) is 121 cm³/mol. The Kier molecular flexibility index (Phi) is 5.40. The Morgan fingerprint density at radius 2 is 1.94 bits per heavy atom. The molecule has 3 heterocycles. The van der Waals surface area contributed by atoms with Crippen LogP contribution in [-0.2, 0) is 6.54 Å². The van der Waals surface area contributed by atoms with Gasteiger partial charge in [0.25, 0.3) is 5.91 Å². The fourth-order valence-electron chi connectivity index (χ4n) is 3.66. The summed E-state index contributed by atoms with van der Waals surface area (Å²) in [6, 6.07) is 10.9. The SMILES string of the molecule is Cc1nc2c3cc(C(=O)NCc4cnccn4)ccc3n(-c3ccc(OC(F)(F)F)cc3)c2s1. The first kappa shape index (κ1) is 21.8. The summed E-state index contributed by atoms with van der Waals surface area (Å²) < 4.78 is 43.4. The average molecular weight is 483 g/mol. The number of nitrogens with one attached hydrogen (secondary N) is 1. The summed E-state index contributed by atoms with van der Waals surface area (Å²) in [5.74, 6) is -0.569. The quantitative estimate of drug-likeness (QED) is 0.373. The van der Waals surface area contributed by atoms with E-state index in [-0.39, 0.29) is 18.2 Å². The van der Waals surface area contributed by atoms with Crippen molar-refractivity contribution in [3.8, 4) is 11.4 Å². The number of thiazole rings is 1. The van der Waals surface area contributed by atoms with Crippen molar-refractivity contribution in [2.75, 3.05) is 0 Å². The Morgan fingerprint density at radius 1 is 1.15 bits per heavy atom. The second-order valence-corrected chi connectivity index (χ2v) is 8.56. The molecule has 0 unspecified atom stereocenters. The summed E-state index contributed by atoms with van der Waals surface area (Å²) in [6.07, 6.45) is -0.0643. The van der Waals surface area contributed by atoms with Crippen LogP contribution in [-0.4, -0.2) is 31.8 Å². The van der Waals surface area contributed by atoms with Crippen LogP contribution in [0.5, 0.6) is 5.75 Å². The molecule has 0 fully saturated rings. The molecule has 5 aromatic rings. The van der Waals surface area contributed by atoms with E-state index in [1.165, 1.54) is 23.5 Å². The lowest BCUT2D eigenvalue weighted by molar-refractivity contribution is -0.274. The molecule has 11 heteroatoms. The second-order valence-electron chi connectivity index (χ2n) is 7.38. The zero-order chi connectivity index (χ0) is 23.9. The zero-order valence-corrected chi connectivity index (χ0v) is 18.4. The minimum absolute atomic E-state index is 0.239. The monoisotopic (exact) mass is 483 g/mol. The number of carbonyl (C=O) groups excluding carboxylic acids is 1. The number of hydrogen-bond acceptors (Lipinski definition) is 6. The number of aryl methyl sites for hydroxylation is 1. The molecule has 34 heavy (non-hydrogen) atoms. The van der Waals surface area contributed by atoms with E-state index < -0.39 is 6.36 Å². The third-order valence-electron chi connectivity index (χ3n) is 5.05. The van der Waals surface area contributed by atoms with Gasteiger partial charge >= 0.3 is 6.36 Å². The molecule has 0 aliphatic carbocycles. The largest absolute Gasteiger partial charge is 0.573 e. The van der Waals surface area contributed by atoms with Gasteiger partial charge in [0.05, 0.1) is 29.0 Å². The third kappa shape index (κ3) is 4.29. The number of hydrogen-bond donors (Lipinski definition) is 1. The molecule has 0 bridgehead atoms. The molecule has 0 radical (unpaired) electrons. The van der Waals surface area contributed by atoms with Gasteiger partial charge in [-0.3, -0.25) is 19.3 Å². The maximum atomic E-state index is 12.7. The van der Waals surface area contributed by atoms with Crippen molar-refractivity contribution >= 4 is 38.5 Å². The first-order chi connectivity index (χ1) is 16.3. The van der Waals surface area contributed by atoms with Gasteiger partial charge in [-0.15, -0.1) is 24.5 Å². The van der Waals surface area contributed by atoms with Crippen LogP contribution in [0.1, 0.15) is 21.1 Å². The van der Waals surface area contributed by atoms with E-state index in [1.807, 2.05) is 11.5 Å². The number of benzene rings is 2. The van der Waals surface area contributed by atoms with Crippen molar-refractivity contribution in [3.05, 3.63) is 77.3 Å². The molecule has 172 valence electrons. The molecule has 7 nitrogen and oxygen atoms in total. The second kappa shape index (κ2) is 8.41. The van der Waals surface area contributed by atoms with Crippen molar-refractivity contribution in [1.82, 2.24) is 24.8 Å². The Bertz CT molecular complexity index is 1490. The summed E-state index contributed by atoms with van der Waals surface area (Å²) >= 11 is 1.46. The van der Waals surface area contributed by atoms with Crippen LogP contribution in [0.2, 0.25) is 0 Å². The van der Waals surface area contributed by atoms with Gasteiger partial charge in [-0.1, -0.05) is 0 Å². The smallest absolute Gasteiger partial charge is 0.406 e. The summed E-state index contributed by atoms with van der Waals surface area (Å²) in [4.78, 5) is 26.3. The molecule has 5 rings (SSSR count). The molecule has 1 N–H and O–H groups in total. The third-order valence-corrected chi connectivity index (χ3v) is 6.01. The predicted octanol–water partition coefficient (Wildman–Crippen LogP) is 5.17. The maximum absolute atomic E-state index is 12.7. The minimum Gasteiger partial charge on any atom is -0.406 e. The standard InChI is InChI=1S/C23H16F3N5O2S/c1-13-30-20-18-10-14(21(32)29-12-15-11-27-8-9-28-15)2-7-19(18)31(22(20)34-13)16-3-5-17(6-4-16)33-23(24,25)26/h2-11H,12H2,1H3,(H,29,32). The summed E-state index contributed by atoms with van der Waals surface area (Å²) in [5, 5.41) is 4.42. The van der Waals surface area contributed by atoms with Crippen LogP contribution in [0.15, 0.2) is 61.1 Å². The van der Waals surface area contributed by atoms with Crippen LogP contribution < -0.4 is 10.1 Å². The molecular weight excluding hydrogens is 467 g/mol. The fourth-order valence-corrected chi connectivity index (χ4v) is 4.63. The van der Waals surface area contributed by atoms with Crippen molar-refractivity contribution in [2.45, 2.75) is 19.8 Å². The maximum Gasteiger partial charge on any atom is 0.573 e. The first-order valence-corrected chi connectivity index (χ1v) is 10.9. The zero-order valence-electron chi connectivity index (χ0n) is 17.6. The van der Waals surface area contributed by atoms with Gasteiger partial charge in [0.2, 0.25) is 0 Å². The molecule has 0 aliphatic heterocycles. The fraction of sp³-hybridized carbons (Fsp3) is 0.130. The molecule has 0 saturated carbocycles. The number of halogens is 3. The van der Waals surface area contributed by atoms with Gasteiger partial charge in [-0.2, -0.15) is 0 Å². The lowest BCUT2D eigenvalue weighted by atomic mass is 10.1. The van der Waals surface area contributed by atoms with Crippen LogP contribution in [0.25, 0.3) is 26.9 Å². The number of carbonyl (C=O) groups is 1. The van der Waals surface area contributed by atoms with Gasteiger partial charge in [0.15, 0.2) is 0 Å². The van der Waals surface area contributed by atoms with E-state index in [1.54, 1.807) is 48.9 Å². The Hall–Kier alpha value is -3.99. The number of rotatable bonds is 5. The Morgan fingerprint density at radius 3 is 2.65 bits per heavy atom. The molecule has 1 amide bonds. The molecule has 0 aliphatic rings. The van der Waals surface area contributed by atoms with E-state index in [2.05, 4.69) is 25.0 Å². The normalized spacial score (nSPS) is 11.8. The van der Waals surface area contributed by atoms with Gasteiger partial charge in [-0.25, -0.2) is 4.98 Å². The highest BCUT2D eigenvalue weighted by atomic mass is 32.1. The number of nitrogens with zero attached hydrogens (tertiary/aromatic N) is 4. The van der Waals surface area contributed by atoms with Crippen molar-refractivity contribution in [1.29, 1.82) is 0 Å². The molecular formula is C23H16F3N5O2S. The highest BCUT2D eigenvalue weighted by molar-refractivity contribution is 7.18. The van der Waals surface area contributed by atoms with E-state index in [9.17, 15) is 18.0 Å².